The summed E-state index contributed by atoms with van der Waals surface area (Å²) in [6.07, 6.45) is -2.19. The van der Waals surface area contributed by atoms with Crippen LogP contribution >= 0.6 is 0 Å². The first-order valence-corrected chi connectivity index (χ1v) is 4.86. The first kappa shape index (κ1) is 12.3. The fourth-order valence-corrected chi connectivity index (χ4v) is 1.49. The molecule has 0 amide bonds. The van der Waals surface area contributed by atoms with Gasteiger partial charge < -0.3 is 20.1 Å². The van der Waals surface area contributed by atoms with Gasteiger partial charge in [-0.1, -0.05) is 0 Å². The minimum absolute atomic E-state index is 0.491. The maximum atomic E-state index is 13.0. The van der Waals surface area contributed by atoms with Gasteiger partial charge in [-0.25, -0.2) is 9.36 Å². The average molecular weight is 260 g/mol. The number of nitrogens with one attached hydrogen (secondary N) is 1. The molecule has 18 heavy (non-hydrogen) atoms. The van der Waals surface area contributed by atoms with Crippen molar-refractivity contribution in [2.24, 2.45) is 0 Å². The van der Waals surface area contributed by atoms with E-state index < -0.39 is 47.5 Å². The quantitative estimate of drug-likeness (QED) is 0.493. The molecular weight excluding hydrogens is 251 g/mol. The molecule has 0 spiro atoms. The van der Waals surface area contributed by atoms with Crippen molar-refractivity contribution in [1.29, 1.82) is 0 Å². The molecule has 1 aromatic heterocycles. The number of aromatic nitrogens is 2. The zero-order valence-electron chi connectivity index (χ0n) is 8.83. The number of H-pyrrole nitrogens is 1. The summed E-state index contributed by atoms with van der Waals surface area (Å²) in [5.41, 5.74) is -2.26. The van der Waals surface area contributed by atoms with Gasteiger partial charge in [0.1, 0.15) is 0 Å². The SMILES string of the molecule is O=c1[nH]c(=O)n(C2=C(O)C(O)[C@@H](CO)O2)cc1F. The fraction of sp³-hybridized carbons (Fsp3) is 0.333. The van der Waals surface area contributed by atoms with Crippen molar-refractivity contribution in [1.82, 2.24) is 9.55 Å². The molecule has 2 rings (SSSR count). The highest BCUT2D eigenvalue weighted by Gasteiger charge is 2.36. The maximum Gasteiger partial charge on any atom is 0.335 e. The molecule has 0 fully saturated rings. The smallest absolute Gasteiger partial charge is 0.335 e. The lowest BCUT2D eigenvalue weighted by atomic mass is 10.2. The second-order valence-electron chi connectivity index (χ2n) is 3.58. The van der Waals surface area contributed by atoms with Gasteiger partial charge in [0, 0.05) is 0 Å². The average Bonchev–Trinajstić information content (AvgIpc) is 2.61. The zero-order valence-corrected chi connectivity index (χ0v) is 8.83. The van der Waals surface area contributed by atoms with Crippen LogP contribution in [0.25, 0.3) is 5.88 Å². The highest BCUT2D eigenvalue weighted by atomic mass is 19.1. The summed E-state index contributed by atoms with van der Waals surface area (Å²) < 4.78 is 18.4. The molecule has 0 aliphatic carbocycles. The van der Waals surface area contributed by atoms with Crippen molar-refractivity contribution < 1.29 is 24.4 Å². The molecule has 1 aliphatic rings. The van der Waals surface area contributed by atoms with E-state index >= 15 is 0 Å². The van der Waals surface area contributed by atoms with Gasteiger partial charge in [0.15, 0.2) is 18.0 Å². The standard InChI is InChI=1S/C9H9FN2O6/c10-3-1-12(9(17)11-7(3)16)8-6(15)5(14)4(2-13)18-8/h1,4-5,13-15H,2H2,(H,11,16,17)/t4-,5?/m1/s1. The van der Waals surface area contributed by atoms with Gasteiger partial charge in [0.25, 0.3) is 5.56 Å². The van der Waals surface area contributed by atoms with Crippen LogP contribution in [0.3, 0.4) is 0 Å². The molecule has 0 saturated carbocycles. The van der Waals surface area contributed by atoms with Crippen molar-refractivity contribution in [3.05, 3.63) is 38.6 Å². The highest BCUT2D eigenvalue weighted by Crippen LogP contribution is 2.25. The van der Waals surface area contributed by atoms with E-state index in [0.29, 0.717) is 10.8 Å². The van der Waals surface area contributed by atoms with E-state index in [0.717, 1.165) is 0 Å². The topological polar surface area (TPSA) is 125 Å². The molecule has 98 valence electrons. The van der Waals surface area contributed by atoms with Gasteiger partial charge in [0.2, 0.25) is 11.7 Å². The fourth-order valence-electron chi connectivity index (χ4n) is 1.49. The highest BCUT2D eigenvalue weighted by molar-refractivity contribution is 5.45. The van der Waals surface area contributed by atoms with Crippen LogP contribution in [-0.4, -0.2) is 43.7 Å². The molecule has 0 bridgehead atoms. The Morgan fingerprint density at radius 3 is 2.72 bits per heavy atom. The Balaban J connectivity index is 2.54. The van der Waals surface area contributed by atoms with E-state index in [-0.39, 0.29) is 0 Å². The lowest BCUT2D eigenvalue weighted by Crippen LogP contribution is -2.31. The Hall–Kier alpha value is -2.13. The van der Waals surface area contributed by atoms with Gasteiger partial charge >= 0.3 is 5.69 Å². The number of hydrogen-bond donors (Lipinski definition) is 4. The number of ether oxygens (including phenoxy) is 1. The summed E-state index contributed by atoms with van der Waals surface area (Å²) in [5.74, 6) is -2.54. The summed E-state index contributed by atoms with van der Waals surface area (Å²) in [6.45, 7) is -0.616. The van der Waals surface area contributed by atoms with Crippen LogP contribution < -0.4 is 11.2 Å². The second-order valence-corrected chi connectivity index (χ2v) is 3.58. The van der Waals surface area contributed by atoms with Crippen molar-refractivity contribution in [2.75, 3.05) is 6.61 Å². The van der Waals surface area contributed by atoms with Crippen molar-refractivity contribution in [3.8, 4) is 0 Å². The predicted octanol–water partition coefficient (Wildman–Crippen LogP) is -1.89. The minimum Gasteiger partial charge on any atom is -0.505 e. The molecule has 9 heteroatoms. The summed E-state index contributed by atoms with van der Waals surface area (Å²) >= 11 is 0. The number of rotatable bonds is 2. The van der Waals surface area contributed by atoms with E-state index in [9.17, 15) is 24.2 Å². The molecular formula is C9H9FN2O6. The van der Waals surface area contributed by atoms with E-state index in [1.165, 1.54) is 0 Å². The van der Waals surface area contributed by atoms with Crippen LogP contribution in [0.15, 0.2) is 21.5 Å². The van der Waals surface area contributed by atoms with Gasteiger partial charge in [-0.05, 0) is 0 Å². The van der Waals surface area contributed by atoms with Gasteiger partial charge in [0.05, 0.1) is 12.8 Å². The third kappa shape index (κ3) is 1.79. The molecule has 8 nitrogen and oxygen atoms in total. The molecule has 0 aromatic carbocycles. The largest absolute Gasteiger partial charge is 0.505 e. The lowest BCUT2D eigenvalue weighted by molar-refractivity contribution is 0.0137. The Morgan fingerprint density at radius 1 is 1.50 bits per heavy atom. The summed E-state index contributed by atoms with van der Waals surface area (Å²) in [7, 11) is 0. The van der Waals surface area contributed by atoms with E-state index in [1.54, 1.807) is 4.98 Å². The normalized spacial score (nSPS) is 23.3. The van der Waals surface area contributed by atoms with Crippen LogP contribution in [0.1, 0.15) is 0 Å². The minimum atomic E-state index is -1.54. The first-order valence-electron chi connectivity index (χ1n) is 4.86. The van der Waals surface area contributed by atoms with Gasteiger partial charge in [-0.3, -0.25) is 9.78 Å². The molecule has 0 radical (unpaired) electrons. The summed E-state index contributed by atoms with van der Waals surface area (Å²) in [5, 5.41) is 27.8. The molecule has 1 unspecified atom stereocenters. The number of nitrogens with zero attached hydrogens (tertiary/aromatic N) is 1. The van der Waals surface area contributed by atoms with Gasteiger partial charge in [-0.15, -0.1) is 0 Å². The Morgan fingerprint density at radius 2 is 2.17 bits per heavy atom. The van der Waals surface area contributed by atoms with Crippen molar-refractivity contribution >= 4 is 5.88 Å². The third-order valence-corrected chi connectivity index (χ3v) is 2.41. The predicted molar refractivity (Wildman–Crippen MR) is 55.1 cm³/mol. The molecule has 1 aliphatic heterocycles. The Bertz CT molecular complexity index is 618. The number of aliphatic hydroxyl groups excluding tert-OH is 3. The summed E-state index contributed by atoms with van der Waals surface area (Å²) in [4.78, 5) is 23.9. The molecule has 1 aromatic rings. The molecule has 2 atom stereocenters. The van der Waals surface area contributed by atoms with Crippen LogP contribution in [-0.2, 0) is 4.74 Å². The van der Waals surface area contributed by atoms with Gasteiger partial charge in [-0.2, -0.15) is 4.39 Å². The Labute approximate surface area is 98.2 Å². The number of aromatic amines is 1. The van der Waals surface area contributed by atoms with Crippen LogP contribution in [0.5, 0.6) is 0 Å². The zero-order chi connectivity index (χ0) is 13.4. The van der Waals surface area contributed by atoms with E-state index in [4.69, 9.17) is 9.84 Å². The second kappa shape index (κ2) is 4.27. The lowest BCUT2D eigenvalue weighted by Gasteiger charge is -2.12. The Kier molecular flexibility index (Phi) is 2.93. The van der Waals surface area contributed by atoms with Crippen molar-refractivity contribution in [3.63, 3.8) is 0 Å². The van der Waals surface area contributed by atoms with E-state index in [1.807, 2.05) is 0 Å². The van der Waals surface area contributed by atoms with Crippen LogP contribution in [0, 0.1) is 5.82 Å². The molecule has 4 N–H and O–H groups in total. The first-order chi connectivity index (χ1) is 8.45. The number of aliphatic hydroxyl groups is 3. The molecule has 2 heterocycles. The molecule has 0 saturated heterocycles. The summed E-state index contributed by atoms with van der Waals surface area (Å²) in [6, 6.07) is 0. The monoisotopic (exact) mass is 260 g/mol. The van der Waals surface area contributed by atoms with Crippen molar-refractivity contribution in [2.45, 2.75) is 12.2 Å². The number of halogens is 1. The number of hydrogen-bond acceptors (Lipinski definition) is 6. The van der Waals surface area contributed by atoms with Crippen LogP contribution in [0.4, 0.5) is 4.39 Å². The van der Waals surface area contributed by atoms with E-state index in [2.05, 4.69) is 0 Å². The maximum absolute atomic E-state index is 13.0. The van der Waals surface area contributed by atoms with Crippen LogP contribution in [0.2, 0.25) is 0 Å². The third-order valence-electron chi connectivity index (χ3n) is 2.41.